The first kappa shape index (κ1) is 16.6. The maximum atomic E-state index is 13.8. The van der Waals surface area contributed by atoms with Crippen molar-refractivity contribution >= 4 is 5.91 Å². The van der Waals surface area contributed by atoms with E-state index in [4.69, 9.17) is 0 Å². The molecule has 3 N–H and O–H groups in total. The highest BCUT2D eigenvalue weighted by Gasteiger charge is 2.31. The molecule has 7 heteroatoms. The van der Waals surface area contributed by atoms with Gasteiger partial charge in [-0.3, -0.25) is 9.89 Å². The van der Waals surface area contributed by atoms with Gasteiger partial charge in [0.05, 0.1) is 17.9 Å². The van der Waals surface area contributed by atoms with Gasteiger partial charge in [-0.25, -0.2) is 4.39 Å². The van der Waals surface area contributed by atoms with Gasteiger partial charge in [-0.2, -0.15) is 5.10 Å². The van der Waals surface area contributed by atoms with Crippen LogP contribution in [0, 0.1) is 5.82 Å². The van der Waals surface area contributed by atoms with Crippen molar-refractivity contribution in [2.24, 2.45) is 0 Å². The normalized spacial score (nSPS) is 21.5. The van der Waals surface area contributed by atoms with E-state index < -0.39 is 11.4 Å². The Bertz CT molecular complexity index is 733. The lowest BCUT2D eigenvalue weighted by molar-refractivity contribution is -0.0250. The number of nitrogens with one attached hydrogen (secondary N) is 1. The van der Waals surface area contributed by atoms with Crippen LogP contribution in [0.4, 0.5) is 4.39 Å². The lowest BCUT2D eigenvalue weighted by Crippen LogP contribution is -2.36. The second kappa shape index (κ2) is 6.70. The fourth-order valence-electron chi connectivity index (χ4n) is 2.95. The van der Waals surface area contributed by atoms with Gasteiger partial charge in [-0.05, 0) is 37.5 Å². The van der Waals surface area contributed by atoms with Gasteiger partial charge in [0, 0.05) is 18.7 Å². The summed E-state index contributed by atoms with van der Waals surface area (Å²) in [5.41, 5.74) is -0.138. The second-order valence-electron chi connectivity index (χ2n) is 6.17. The average Bonchev–Trinajstić information content (AvgIpc) is 2.99. The Morgan fingerprint density at radius 3 is 2.88 bits per heavy atom. The van der Waals surface area contributed by atoms with Gasteiger partial charge in [-0.1, -0.05) is 12.1 Å². The molecular formula is C17H20FN3O3. The zero-order valence-electron chi connectivity index (χ0n) is 13.2. The third-order valence-electron chi connectivity index (χ3n) is 4.46. The minimum absolute atomic E-state index is 0.243. The largest absolute Gasteiger partial charge is 0.393 e. The molecule has 1 aliphatic heterocycles. The number of hydrogen-bond acceptors (Lipinski definition) is 4. The SMILES string of the molecule is O=C(c1cc(-c2ccccc2F)n[nH]1)N1CCC[C@@](O)(CO)CC1. The van der Waals surface area contributed by atoms with E-state index in [1.54, 1.807) is 23.1 Å². The summed E-state index contributed by atoms with van der Waals surface area (Å²) in [6, 6.07) is 7.78. The number of carbonyl (C=O) groups is 1. The maximum Gasteiger partial charge on any atom is 0.271 e. The number of H-pyrrole nitrogens is 1. The highest BCUT2D eigenvalue weighted by Crippen LogP contribution is 2.24. The maximum absolute atomic E-state index is 13.8. The molecule has 1 aromatic carbocycles. The quantitative estimate of drug-likeness (QED) is 0.795. The van der Waals surface area contributed by atoms with E-state index in [1.807, 2.05) is 0 Å². The van der Waals surface area contributed by atoms with Crippen molar-refractivity contribution in [3.05, 3.63) is 41.8 Å². The van der Waals surface area contributed by atoms with E-state index in [1.165, 1.54) is 12.1 Å². The number of likely N-dealkylation sites (tertiary alicyclic amines) is 1. The summed E-state index contributed by atoms with van der Waals surface area (Å²) in [6.45, 7) is 0.537. The van der Waals surface area contributed by atoms with Crippen LogP contribution in [-0.4, -0.2) is 56.5 Å². The summed E-state index contributed by atoms with van der Waals surface area (Å²) in [5.74, 6) is -0.641. The molecule has 0 aliphatic carbocycles. The molecule has 3 rings (SSSR count). The molecule has 24 heavy (non-hydrogen) atoms. The molecule has 2 aromatic rings. The number of aromatic nitrogens is 2. The van der Waals surface area contributed by atoms with E-state index in [2.05, 4.69) is 10.2 Å². The number of aromatic amines is 1. The van der Waals surface area contributed by atoms with Crippen molar-refractivity contribution in [1.82, 2.24) is 15.1 Å². The zero-order chi connectivity index (χ0) is 17.2. The number of nitrogens with zero attached hydrogens (tertiary/aromatic N) is 2. The summed E-state index contributed by atoms with van der Waals surface area (Å²) in [4.78, 5) is 14.2. The van der Waals surface area contributed by atoms with Crippen molar-refractivity contribution in [3.63, 3.8) is 0 Å². The van der Waals surface area contributed by atoms with Gasteiger partial charge in [0.25, 0.3) is 5.91 Å². The van der Waals surface area contributed by atoms with Gasteiger partial charge < -0.3 is 15.1 Å². The van der Waals surface area contributed by atoms with Crippen LogP contribution < -0.4 is 0 Å². The predicted octanol–water partition coefficient (Wildman–Crippen LogP) is 1.57. The standard InChI is InChI=1S/C17H20FN3O3/c18-13-5-2-1-4-12(13)14-10-15(20-19-14)16(23)21-8-3-6-17(24,11-22)7-9-21/h1-2,4-5,10,22,24H,3,6-9,11H2,(H,19,20)/t17-/m0/s1. The highest BCUT2D eigenvalue weighted by atomic mass is 19.1. The topological polar surface area (TPSA) is 89.5 Å². The predicted molar refractivity (Wildman–Crippen MR) is 85.8 cm³/mol. The molecule has 1 aromatic heterocycles. The number of rotatable bonds is 3. The Morgan fingerprint density at radius 1 is 1.33 bits per heavy atom. The van der Waals surface area contributed by atoms with E-state index in [-0.39, 0.29) is 18.2 Å². The van der Waals surface area contributed by atoms with Crippen LogP contribution in [0.2, 0.25) is 0 Å². The van der Waals surface area contributed by atoms with Gasteiger partial charge in [-0.15, -0.1) is 0 Å². The number of aliphatic hydroxyl groups is 2. The van der Waals surface area contributed by atoms with E-state index in [9.17, 15) is 19.4 Å². The molecule has 0 saturated carbocycles. The summed E-state index contributed by atoms with van der Waals surface area (Å²) < 4.78 is 13.8. The van der Waals surface area contributed by atoms with Crippen molar-refractivity contribution in [2.45, 2.75) is 24.9 Å². The van der Waals surface area contributed by atoms with Gasteiger partial charge in [0.2, 0.25) is 0 Å². The van der Waals surface area contributed by atoms with E-state index in [0.717, 1.165) is 0 Å². The van der Waals surface area contributed by atoms with Crippen molar-refractivity contribution in [3.8, 4) is 11.3 Å². The molecule has 6 nitrogen and oxygen atoms in total. The van der Waals surface area contributed by atoms with Crippen molar-refractivity contribution < 1.29 is 19.4 Å². The fourth-order valence-corrected chi connectivity index (χ4v) is 2.95. The summed E-state index contributed by atoms with van der Waals surface area (Å²) in [7, 11) is 0. The molecule has 0 spiro atoms. The van der Waals surface area contributed by atoms with Crippen LogP contribution in [0.15, 0.2) is 30.3 Å². The molecule has 0 radical (unpaired) electrons. The van der Waals surface area contributed by atoms with Crippen LogP contribution in [0.5, 0.6) is 0 Å². The van der Waals surface area contributed by atoms with Gasteiger partial charge >= 0.3 is 0 Å². The first-order chi connectivity index (χ1) is 11.5. The number of amides is 1. The van der Waals surface area contributed by atoms with Crippen LogP contribution in [0.3, 0.4) is 0 Å². The number of benzene rings is 1. The number of carbonyl (C=O) groups excluding carboxylic acids is 1. The smallest absolute Gasteiger partial charge is 0.271 e. The number of hydrogen-bond donors (Lipinski definition) is 3. The minimum Gasteiger partial charge on any atom is -0.393 e. The zero-order valence-corrected chi connectivity index (χ0v) is 13.2. The monoisotopic (exact) mass is 333 g/mol. The molecule has 0 bridgehead atoms. The van der Waals surface area contributed by atoms with Crippen LogP contribution in [-0.2, 0) is 0 Å². The summed E-state index contributed by atoms with van der Waals surface area (Å²) in [5, 5.41) is 26.1. The molecular weight excluding hydrogens is 313 g/mol. The third-order valence-corrected chi connectivity index (χ3v) is 4.46. The molecule has 2 heterocycles. The minimum atomic E-state index is -1.12. The Hall–Kier alpha value is -2.25. The first-order valence-corrected chi connectivity index (χ1v) is 7.95. The van der Waals surface area contributed by atoms with Crippen molar-refractivity contribution in [1.29, 1.82) is 0 Å². The molecule has 1 atom stereocenters. The lowest BCUT2D eigenvalue weighted by atomic mass is 9.96. The Labute approximate surface area is 138 Å². The van der Waals surface area contributed by atoms with Crippen LogP contribution in [0.25, 0.3) is 11.3 Å². The van der Waals surface area contributed by atoms with Crippen LogP contribution in [0.1, 0.15) is 29.8 Å². The molecule has 1 amide bonds. The number of aliphatic hydroxyl groups excluding tert-OH is 1. The first-order valence-electron chi connectivity index (χ1n) is 7.95. The fraction of sp³-hybridized carbons (Fsp3) is 0.412. The Balaban J connectivity index is 1.76. The molecule has 1 fully saturated rings. The molecule has 1 saturated heterocycles. The summed E-state index contributed by atoms with van der Waals surface area (Å²) >= 11 is 0. The van der Waals surface area contributed by atoms with Crippen LogP contribution >= 0.6 is 0 Å². The average molecular weight is 333 g/mol. The number of halogens is 1. The highest BCUT2D eigenvalue weighted by molar-refractivity contribution is 5.93. The van der Waals surface area contributed by atoms with Gasteiger partial charge in [0.15, 0.2) is 0 Å². The van der Waals surface area contributed by atoms with Crippen molar-refractivity contribution in [2.75, 3.05) is 19.7 Å². The Kier molecular flexibility index (Phi) is 4.64. The summed E-state index contributed by atoms with van der Waals surface area (Å²) in [6.07, 6.45) is 1.39. The third kappa shape index (κ3) is 3.32. The molecule has 1 aliphatic rings. The van der Waals surface area contributed by atoms with E-state index >= 15 is 0 Å². The Morgan fingerprint density at radius 2 is 2.12 bits per heavy atom. The second-order valence-corrected chi connectivity index (χ2v) is 6.17. The molecule has 0 unspecified atom stereocenters. The molecule has 128 valence electrons. The lowest BCUT2D eigenvalue weighted by Gasteiger charge is -2.24. The van der Waals surface area contributed by atoms with Gasteiger partial charge in [0.1, 0.15) is 11.5 Å². The van der Waals surface area contributed by atoms with E-state index in [0.29, 0.717) is 43.6 Å².